The minimum atomic E-state index is 0.809. The summed E-state index contributed by atoms with van der Waals surface area (Å²) in [6, 6.07) is 161. The first kappa shape index (κ1) is 88.3. The third kappa shape index (κ3) is 17.5. The summed E-state index contributed by atoms with van der Waals surface area (Å²) in [5, 5.41) is 11.2. The van der Waals surface area contributed by atoms with Gasteiger partial charge in [-0.05, 0) is 254 Å². The quantitative estimate of drug-likeness (QED) is 0.0904. The van der Waals surface area contributed by atoms with Crippen molar-refractivity contribution in [2.45, 2.75) is 0 Å². The van der Waals surface area contributed by atoms with Crippen LogP contribution in [0.25, 0.3) is 273 Å². The van der Waals surface area contributed by atoms with Crippen molar-refractivity contribution >= 4 is 127 Å². The number of thiophene rings is 3. The Kier molecular flexibility index (Phi) is 23.3. The largest absolute Gasteiger partial charge is 0.255 e. The lowest BCUT2D eigenvalue weighted by molar-refractivity contribution is 1.22. The highest BCUT2D eigenvalue weighted by Crippen LogP contribution is 2.49. The van der Waals surface area contributed by atoms with Crippen LogP contribution in [-0.2, 0) is 0 Å². The average molecular weight is 1930 g/mol. The van der Waals surface area contributed by atoms with Crippen molar-refractivity contribution in [2.75, 3.05) is 0 Å². The zero-order valence-electron chi connectivity index (χ0n) is 78.9. The van der Waals surface area contributed by atoms with Crippen LogP contribution in [0.4, 0.5) is 0 Å². The first-order valence-corrected chi connectivity index (χ1v) is 51.2. The molecule has 15 heterocycles. The van der Waals surface area contributed by atoms with Gasteiger partial charge in [-0.25, -0.2) is 29.9 Å². The molecule has 15 aromatic heterocycles. The second-order valence-corrected chi connectivity index (χ2v) is 39.2. The molecule has 0 aliphatic rings. The standard InChI is InChI=1S/C48H30N4S.2C42H26N4S/c1-2-12-31(13-3-1)47-48-46(39-18-4-5-21-45(39)53-48)38-23-22-36(28-42(38)52-47)34-16-10-14-32(26-34)33-15-11-17-35(27-33)37-29-43(40-19-6-8-24-49-40)51-44(30-37)41-20-7-9-25-50-41;1-2-11-27(12-3-1)41-42-40(32-15-4-5-18-39(32)47-42)33-24-30(19-20-34(33)46-41)28-13-10-14-29(23-28)31-25-37(35-16-6-8-21-43-35)45-38(26-31)36-17-7-9-22-44-36;1-2-10-29(11-3-1)41-42-40(32-12-4-5-15-39(32)47-42)33-24-30(20-21-34(33)46-41)27-16-18-28(19-17-27)31-25-37(35-13-6-8-22-43-35)45-38(26-31)36-14-7-9-23-44-36/h1-30H;2*1-26H. The number of hydrogen-bond donors (Lipinski definition) is 0. The molecular weight excluding hydrogens is 1850 g/mol. The maximum Gasteiger partial charge on any atom is 0.0900 e. The van der Waals surface area contributed by atoms with Crippen molar-refractivity contribution in [1.82, 2.24) is 59.8 Å². The van der Waals surface area contributed by atoms with Crippen LogP contribution in [0.5, 0.6) is 0 Å². The van der Waals surface area contributed by atoms with Crippen molar-refractivity contribution in [3.63, 3.8) is 0 Å². The van der Waals surface area contributed by atoms with Gasteiger partial charge in [-0.2, -0.15) is 0 Å². The second-order valence-electron chi connectivity index (χ2n) is 36.1. The minimum absolute atomic E-state index is 0.809. The molecule has 12 nitrogen and oxygen atoms in total. The molecule has 0 amide bonds. The number of pyridine rings is 12. The summed E-state index contributed by atoms with van der Waals surface area (Å²) < 4.78 is 7.50. The van der Waals surface area contributed by atoms with Crippen LogP contribution in [0.2, 0.25) is 0 Å². The molecule has 0 atom stereocenters. The molecule has 28 aromatic rings. The molecule has 147 heavy (non-hydrogen) atoms. The van der Waals surface area contributed by atoms with Crippen molar-refractivity contribution in [2.24, 2.45) is 0 Å². The summed E-state index contributed by atoms with van der Waals surface area (Å²) in [7, 11) is 0. The normalized spacial score (nSPS) is 11.4. The average Bonchev–Trinajstić information content (AvgIpc) is 1.60. The molecule has 688 valence electrons. The van der Waals surface area contributed by atoms with E-state index in [0.29, 0.717) is 0 Å². The molecule has 0 N–H and O–H groups in total. The van der Waals surface area contributed by atoms with E-state index in [1.165, 1.54) is 76.7 Å². The van der Waals surface area contributed by atoms with Crippen molar-refractivity contribution < 1.29 is 0 Å². The predicted molar refractivity (Wildman–Crippen MR) is 611 cm³/mol. The van der Waals surface area contributed by atoms with Gasteiger partial charge in [0.15, 0.2) is 0 Å². The molecule has 0 spiro atoms. The summed E-state index contributed by atoms with van der Waals surface area (Å²) in [6.07, 6.45) is 10.8. The molecule has 0 fully saturated rings. The maximum absolute atomic E-state index is 5.34. The third-order valence-corrected chi connectivity index (χ3v) is 30.4. The molecule has 15 heteroatoms. The molecule has 13 aromatic carbocycles. The van der Waals surface area contributed by atoms with E-state index >= 15 is 0 Å². The molecule has 0 saturated heterocycles. The number of benzene rings is 13. The summed E-state index contributed by atoms with van der Waals surface area (Å²) in [4.78, 5) is 58.2. The number of aromatic nitrogens is 12. The van der Waals surface area contributed by atoms with Gasteiger partial charge >= 0.3 is 0 Å². The topological polar surface area (TPSA) is 155 Å². The smallest absolute Gasteiger partial charge is 0.0900 e. The van der Waals surface area contributed by atoms with Crippen LogP contribution < -0.4 is 0 Å². The van der Waals surface area contributed by atoms with E-state index in [-0.39, 0.29) is 0 Å². The van der Waals surface area contributed by atoms with Crippen LogP contribution in [0, 0.1) is 0 Å². The Morgan fingerprint density at radius 3 is 0.687 bits per heavy atom. The molecule has 0 bridgehead atoms. The number of fused-ring (bicyclic) bond motifs is 15. The molecule has 28 rings (SSSR count). The minimum Gasteiger partial charge on any atom is -0.255 e. The summed E-state index contributed by atoms with van der Waals surface area (Å²) in [5.74, 6) is 0. The fourth-order valence-electron chi connectivity index (χ4n) is 19.8. The van der Waals surface area contributed by atoms with Gasteiger partial charge in [-0.3, -0.25) is 29.9 Å². The number of rotatable bonds is 16. The third-order valence-electron chi connectivity index (χ3n) is 26.9. The molecule has 0 unspecified atom stereocenters. The van der Waals surface area contributed by atoms with Gasteiger partial charge in [-0.15, -0.1) is 34.0 Å². The molecular formula is C132H82N12S3. The highest BCUT2D eigenvalue weighted by Gasteiger charge is 2.24. The first-order chi connectivity index (χ1) is 72.8. The van der Waals surface area contributed by atoms with Gasteiger partial charge in [0.25, 0.3) is 0 Å². The van der Waals surface area contributed by atoms with E-state index in [1.54, 1.807) is 37.2 Å². The zero-order chi connectivity index (χ0) is 97.5. The van der Waals surface area contributed by atoms with E-state index in [2.05, 4.69) is 382 Å². The number of hydrogen-bond acceptors (Lipinski definition) is 15. The summed E-state index contributed by atoms with van der Waals surface area (Å²) in [5.41, 5.74) is 35.0. The van der Waals surface area contributed by atoms with Gasteiger partial charge in [-0.1, -0.05) is 285 Å². The van der Waals surface area contributed by atoms with Crippen molar-refractivity contribution in [3.8, 4) is 180 Å². The van der Waals surface area contributed by atoms with Gasteiger partial charge < -0.3 is 0 Å². The summed E-state index contributed by atoms with van der Waals surface area (Å²) in [6.45, 7) is 0. The van der Waals surface area contributed by atoms with Crippen molar-refractivity contribution in [1.29, 1.82) is 0 Å². The lowest BCUT2D eigenvalue weighted by atomic mass is 9.95. The lowest BCUT2D eigenvalue weighted by Crippen LogP contribution is -1.94. The molecule has 0 radical (unpaired) electrons. The van der Waals surface area contributed by atoms with Gasteiger partial charge in [0.1, 0.15) is 0 Å². The fraction of sp³-hybridized carbons (Fsp3) is 0. The van der Waals surface area contributed by atoms with Crippen LogP contribution in [0.3, 0.4) is 0 Å². The highest BCUT2D eigenvalue weighted by atomic mass is 32.1. The van der Waals surface area contributed by atoms with E-state index < -0.39 is 0 Å². The van der Waals surface area contributed by atoms with Crippen LogP contribution in [-0.4, -0.2) is 59.8 Å². The number of nitrogens with zero attached hydrogens (tertiary/aromatic N) is 12. The van der Waals surface area contributed by atoms with E-state index in [9.17, 15) is 0 Å². The van der Waals surface area contributed by atoms with Crippen LogP contribution >= 0.6 is 34.0 Å². The van der Waals surface area contributed by atoms with E-state index in [0.717, 1.165) is 197 Å². The van der Waals surface area contributed by atoms with E-state index in [1.807, 2.05) is 143 Å². The van der Waals surface area contributed by atoms with Gasteiger partial charge in [0.05, 0.1) is 116 Å². The van der Waals surface area contributed by atoms with Crippen molar-refractivity contribution in [3.05, 3.63) is 498 Å². The predicted octanol–water partition coefficient (Wildman–Crippen LogP) is 35.0. The molecule has 0 aliphatic heterocycles. The van der Waals surface area contributed by atoms with Crippen LogP contribution in [0.1, 0.15) is 0 Å². The Balaban J connectivity index is 0.000000112. The Hall–Kier alpha value is -18.9. The molecule has 0 saturated carbocycles. The Morgan fingerprint density at radius 1 is 0.129 bits per heavy atom. The second kappa shape index (κ2) is 38.8. The van der Waals surface area contributed by atoms with Crippen LogP contribution in [0.15, 0.2) is 498 Å². The fourth-order valence-corrected chi connectivity index (χ4v) is 23.5. The van der Waals surface area contributed by atoms with E-state index in [4.69, 9.17) is 29.9 Å². The maximum atomic E-state index is 5.34. The first-order valence-electron chi connectivity index (χ1n) is 48.7. The Labute approximate surface area is 858 Å². The molecule has 0 aliphatic carbocycles. The lowest BCUT2D eigenvalue weighted by Gasteiger charge is -2.12. The Bertz CT molecular complexity index is 9660. The zero-order valence-corrected chi connectivity index (χ0v) is 81.4. The highest BCUT2D eigenvalue weighted by molar-refractivity contribution is 7.27. The Morgan fingerprint density at radius 2 is 0.367 bits per heavy atom. The SMILES string of the molecule is c1ccc(-c2nc3cc(-c4cccc(-c5cccc(-c6cc(-c7ccccn7)nc(-c7ccccn7)c6)c5)c4)ccc3c3c2sc2ccccc23)cc1.c1ccc(-c2nc3ccc(-c4ccc(-c5cc(-c6ccccn6)nc(-c6ccccn6)c5)cc4)cc3c3c2sc2ccccc23)cc1.c1ccc(-c2nc3ccc(-c4cccc(-c5cc(-c6ccccn6)nc(-c6ccccn6)c5)c4)cc3c3c2sc2ccccc23)cc1. The van der Waals surface area contributed by atoms with Gasteiger partial charge in [0.2, 0.25) is 0 Å². The monoisotopic (exact) mass is 1930 g/mol. The van der Waals surface area contributed by atoms with Gasteiger partial charge in [0, 0.05) is 116 Å². The summed E-state index contributed by atoms with van der Waals surface area (Å²) >= 11 is 5.47.